The van der Waals surface area contributed by atoms with Gasteiger partial charge in [0.15, 0.2) is 11.5 Å². The van der Waals surface area contributed by atoms with Gasteiger partial charge in [0.25, 0.3) is 0 Å². The molecule has 2 heterocycles. The van der Waals surface area contributed by atoms with Gasteiger partial charge in [-0.05, 0) is 81.8 Å². The summed E-state index contributed by atoms with van der Waals surface area (Å²) in [7, 11) is 1.66. The summed E-state index contributed by atoms with van der Waals surface area (Å²) in [5, 5.41) is 11.2. The number of rotatable bonds is 11. The van der Waals surface area contributed by atoms with Crippen LogP contribution in [-0.4, -0.2) is 72.9 Å². The van der Waals surface area contributed by atoms with Crippen molar-refractivity contribution in [3.8, 4) is 17.2 Å². The first kappa shape index (κ1) is 28.2. The second-order valence-corrected chi connectivity index (χ2v) is 10.8. The van der Waals surface area contributed by atoms with Gasteiger partial charge in [-0.25, -0.2) is 0 Å². The number of nitrogens with zero attached hydrogens (tertiary/aromatic N) is 2. The molecular weight excluding hydrogens is 480 g/mol. The van der Waals surface area contributed by atoms with Crippen molar-refractivity contribution in [2.75, 3.05) is 46.5 Å². The molecule has 2 aliphatic heterocycles. The van der Waals surface area contributed by atoms with Crippen LogP contribution in [0, 0.1) is 6.92 Å². The molecule has 2 aromatic carbocycles. The van der Waals surface area contributed by atoms with Crippen molar-refractivity contribution in [3.05, 3.63) is 53.6 Å². The number of likely N-dealkylation sites (tertiary alicyclic amines) is 2. The second kappa shape index (κ2) is 13.9. The Kier molecular flexibility index (Phi) is 10.3. The molecule has 2 fully saturated rings. The Hall–Kier alpha value is -2.77. The average molecular weight is 525 g/mol. The van der Waals surface area contributed by atoms with Crippen molar-refractivity contribution in [3.63, 3.8) is 0 Å². The van der Waals surface area contributed by atoms with Gasteiger partial charge in [-0.15, -0.1) is 0 Å². The SMILES string of the molecule is COc1ccc(CN2CCCC(O)(COc3ccc(C)cc3)CC2)cc1OCCCN1CCCCCC1=O. The number of amides is 1. The molecule has 1 amide bonds. The third-order valence-electron chi connectivity index (χ3n) is 7.67. The Morgan fingerprint density at radius 2 is 1.76 bits per heavy atom. The van der Waals surface area contributed by atoms with E-state index < -0.39 is 5.60 Å². The van der Waals surface area contributed by atoms with E-state index in [2.05, 4.69) is 24.0 Å². The maximum Gasteiger partial charge on any atom is 0.222 e. The highest BCUT2D eigenvalue weighted by Crippen LogP contribution is 2.30. The van der Waals surface area contributed by atoms with Crippen LogP contribution in [0.2, 0.25) is 0 Å². The number of ether oxygens (including phenoxy) is 3. The highest BCUT2D eigenvalue weighted by atomic mass is 16.5. The van der Waals surface area contributed by atoms with Crippen LogP contribution in [0.5, 0.6) is 17.2 Å². The van der Waals surface area contributed by atoms with Gasteiger partial charge in [-0.3, -0.25) is 9.69 Å². The second-order valence-electron chi connectivity index (χ2n) is 10.8. The largest absolute Gasteiger partial charge is 0.493 e. The lowest BCUT2D eigenvalue weighted by atomic mass is 9.96. The number of aryl methyl sites for hydroxylation is 1. The van der Waals surface area contributed by atoms with Crippen LogP contribution in [0.1, 0.15) is 62.5 Å². The topological polar surface area (TPSA) is 71.5 Å². The fourth-order valence-electron chi connectivity index (χ4n) is 5.29. The summed E-state index contributed by atoms with van der Waals surface area (Å²) in [6.45, 7) is 7.03. The fourth-order valence-corrected chi connectivity index (χ4v) is 5.29. The average Bonchev–Trinajstić information content (AvgIpc) is 3.24. The lowest BCUT2D eigenvalue weighted by molar-refractivity contribution is -0.130. The van der Waals surface area contributed by atoms with Gasteiger partial charge in [0.05, 0.1) is 19.3 Å². The van der Waals surface area contributed by atoms with Gasteiger partial charge < -0.3 is 24.2 Å². The Labute approximate surface area is 227 Å². The van der Waals surface area contributed by atoms with Crippen molar-refractivity contribution in [2.45, 2.75) is 70.4 Å². The molecule has 4 rings (SSSR count). The van der Waals surface area contributed by atoms with Crippen molar-refractivity contribution < 1.29 is 24.1 Å². The lowest BCUT2D eigenvalue weighted by Gasteiger charge is -2.27. The van der Waals surface area contributed by atoms with Gasteiger partial charge in [0.1, 0.15) is 12.4 Å². The maximum absolute atomic E-state index is 12.2. The summed E-state index contributed by atoms with van der Waals surface area (Å²) in [6, 6.07) is 14.1. The molecule has 2 saturated heterocycles. The number of carbonyl (C=O) groups is 1. The Morgan fingerprint density at radius 1 is 0.921 bits per heavy atom. The Morgan fingerprint density at radius 3 is 2.58 bits per heavy atom. The summed E-state index contributed by atoms with van der Waals surface area (Å²) in [4.78, 5) is 16.6. The first-order chi connectivity index (χ1) is 18.4. The van der Waals surface area contributed by atoms with E-state index in [4.69, 9.17) is 14.2 Å². The van der Waals surface area contributed by atoms with E-state index in [-0.39, 0.29) is 5.91 Å². The van der Waals surface area contributed by atoms with E-state index in [1.165, 1.54) is 5.56 Å². The first-order valence-corrected chi connectivity index (χ1v) is 14.2. The summed E-state index contributed by atoms with van der Waals surface area (Å²) in [5.41, 5.74) is 1.53. The highest BCUT2D eigenvalue weighted by Gasteiger charge is 2.31. The predicted octanol–water partition coefficient (Wildman–Crippen LogP) is 4.97. The molecular formula is C31H44N2O5. The molecule has 208 valence electrons. The first-order valence-electron chi connectivity index (χ1n) is 14.2. The van der Waals surface area contributed by atoms with Crippen LogP contribution in [0.15, 0.2) is 42.5 Å². The number of benzene rings is 2. The molecule has 0 aliphatic carbocycles. The van der Waals surface area contributed by atoms with E-state index >= 15 is 0 Å². The normalized spacial score (nSPS) is 21.0. The predicted molar refractivity (Wildman–Crippen MR) is 149 cm³/mol. The van der Waals surface area contributed by atoms with Crippen LogP contribution in [0.4, 0.5) is 0 Å². The summed E-state index contributed by atoms with van der Waals surface area (Å²) >= 11 is 0. The minimum absolute atomic E-state index is 0.271. The zero-order chi connectivity index (χ0) is 26.8. The summed E-state index contributed by atoms with van der Waals surface area (Å²) in [5.74, 6) is 2.53. The molecule has 0 aromatic heterocycles. The quantitative estimate of drug-likeness (QED) is 0.419. The number of hydrogen-bond acceptors (Lipinski definition) is 6. The fraction of sp³-hybridized carbons (Fsp3) is 0.581. The van der Waals surface area contributed by atoms with Crippen LogP contribution >= 0.6 is 0 Å². The van der Waals surface area contributed by atoms with E-state index in [1.54, 1.807) is 7.11 Å². The molecule has 2 aromatic rings. The van der Waals surface area contributed by atoms with Gasteiger partial charge in [0, 0.05) is 32.6 Å². The maximum atomic E-state index is 12.2. The summed E-state index contributed by atoms with van der Waals surface area (Å²) < 4.78 is 17.6. The zero-order valence-electron chi connectivity index (χ0n) is 23.1. The monoisotopic (exact) mass is 524 g/mol. The Balaban J connectivity index is 1.26. The minimum Gasteiger partial charge on any atom is -0.493 e. The molecule has 0 bridgehead atoms. The molecule has 0 radical (unpaired) electrons. The summed E-state index contributed by atoms with van der Waals surface area (Å²) in [6.07, 6.45) is 7.03. The third-order valence-corrected chi connectivity index (χ3v) is 7.67. The molecule has 1 atom stereocenters. The third kappa shape index (κ3) is 8.37. The van der Waals surface area contributed by atoms with E-state index in [0.29, 0.717) is 26.1 Å². The van der Waals surface area contributed by atoms with E-state index in [1.807, 2.05) is 35.2 Å². The lowest BCUT2D eigenvalue weighted by Crippen LogP contribution is -2.37. The molecule has 7 nitrogen and oxygen atoms in total. The van der Waals surface area contributed by atoms with E-state index in [9.17, 15) is 9.90 Å². The Bertz CT molecular complexity index is 1030. The number of carbonyl (C=O) groups excluding carboxylic acids is 1. The number of aliphatic hydroxyl groups is 1. The van der Waals surface area contributed by atoms with Gasteiger partial charge in [-0.1, -0.05) is 30.2 Å². The molecule has 1 unspecified atom stereocenters. The van der Waals surface area contributed by atoms with E-state index in [0.717, 1.165) is 94.1 Å². The standard InChI is InChI=1S/C31H44N2O5/c1-25-9-12-27(13-10-25)38-24-31(35)15-6-17-32(20-16-31)23-26-11-14-28(36-2)29(22-26)37-21-7-19-33-18-5-3-4-8-30(33)34/h9-14,22,35H,3-8,15-21,23-24H2,1-2H3. The molecule has 2 aliphatic rings. The molecule has 0 saturated carbocycles. The van der Waals surface area contributed by atoms with Crippen molar-refractivity contribution in [1.29, 1.82) is 0 Å². The van der Waals surface area contributed by atoms with Crippen LogP contribution < -0.4 is 14.2 Å². The van der Waals surface area contributed by atoms with Gasteiger partial charge >= 0.3 is 0 Å². The molecule has 1 N–H and O–H groups in total. The number of hydrogen-bond donors (Lipinski definition) is 1. The van der Waals surface area contributed by atoms with Crippen LogP contribution in [0.25, 0.3) is 0 Å². The molecule has 0 spiro atoms. The minimum atomic E-state index is -0.817. The van der Waals surface area contributed by atoms with Crippen LogP contribution in [-0.2, 0) is 11.3 Å². The van der Waals surface area contributed by atoms with Gasteiger partial charge in [-0.2, -0.15) is 0 Å². The smallest absolute Gasteiger partial charge is 0.222 e. The molecule has 7 heteroatoms. The van der Waals surface area contributed by atoms with Crippen molar-refractivity contribution in [1.82, 2.24) is 9.80 Å². The van der Waals surface area contributed by atoms with Crippen molar-refractivity contribution in [2.24, 2.45) is 0 Å². The van der Waals surface area contributed by atoms with Crippen LogP contribution in [0.3, 0.4) is 0 Å². The van der Waals surface area contributed by atoms with Crippen molar-refractivity contribution >= 4 is 5.91 Å². The highest BCUT2D eigenvalue weighted by molar-refractivity contribution is 5.76. The zero-order valence-corrected chi connectivity index (χ0v) is 23.1. The molecule has 38 heavy (non-hydrogen) atoms. The number of methoxy groups -OCH3 is 1. The van der Waals surface area contributed by atoms with Gasteiger partial charge in [0.2, 0.25) is 5.91 Å².